The Morgan fingerprint density at radius 3 is 2.59 bits per heavy atom. The summed E-state index contributed by atoms with van der Waals surface area (Å²) in [6.45, 7) is 7.09. The molecule has 37 heavy (non-hydrogen) atoms. The SMILES string of the molecule is CC1(C)OCc2cc([C@H](O)CNCCCCOCCCCCCc3cccc(S(N)(=O)=O)c3)ccc2O1. The third kappa shape index (κ3) is 10.3. The zero-order valence-electron chi connectivity index (χ0n) is 22.1. The first-order chi connectivity index (χ1) is 17.6. The second-order valence-corrected chi connectivity index (χ2v) is 11.6. The minimum Gasteiger partial charge on any atom is -0.463 e. The fourth-order valence-electron chi connectivity index (χ4n) is 4.24. The topological polar surface area (TPSA) is 120 Å². The zero-order chi connectivity index (χ0) is 26.7. The van der Waals surface area contributed by atoms with Crippen LogP contribution in [0.2, 0.25) is 0 Å². The smallest absolute Gasteiger partial charge is 0.238 e. The molecule has 0 spiro atoms. The van der Waals surface area contributed by atoms with E-state index < -0.39 is 21.9 Å². The number of nitrogens with two attached hydrogens (primary N) is 1. The Kier molecular flexibility index (Phi) is 11.4. The highest BCUT2D eigenvalue weighted by molar-refractivity contribution is 7.89. The molecule has 2 aromatic rings. The van der Waals surface area contributed by atoms with Crippen molar-refractivity contribution in [1.82, 2.24) is 5.32 Å². The number of aliphatic hydroxyl groups is 1. The van der Waals surface area contributed by atoms with Crippen molar-refractivity contribution in [3.63, 3.8) is 0 Å². The number of sulfonamides is 1. The molecule has 0 aliphatic carbocycles. The van der Waals surface area contributed by atoms with E-state index in [1.165, 1.54) is 6.07 Å². The fraction of sp³-hybridized carbons (Fsp3) is 0.571. The molecular formula is C28H42N2O6S. The van der Waals surface area contributed by atoms with Crippen molar-refractivity contribution in [1.29, 1.82) is 0 Å². The average Bonchev–Trinajstić information content (AvgIpc) is 2.85. The minimum absolute atomic E-state index is 0.175. The van der Waals surface area contributed by atoms with Crippen LogP contribution in [-0.2, 0) is 32.5 Å². The Balaban J connectivity index is 1.16. The maximum Gasteiger partial charge on any atom is 0.238 e. The second-order valence-electron chi connectivity index (χ2n) is 10.1. The number of aryl methyl sites for hydroxylation is 1. The highest BCUT2D eigenvalue weighted by atomic mass is 32.2. The van der Waals surface area contributed by atoms with Gasteiger partial charge in [-0.25, -0.2) is 13.6 Å². The number of hydrogen-bond acceptors (Lipinski definition) is 7. The van der Waals surface area contributed by atoms with Gasteiger partial charge in [-0.05, 0) is 74.0 Å². The van der Waals surface area contributed by atoms with Crippen LogP contribution in [0.5, 0.6) is 5.75 Å². The van der Waals surface area contributed by atoms with Crippen molar-refractivity contribution in [3.05, 3.63) is 59.2 Å². The summed E-state index contributed by atoms with van der Waals surface area (Å²) in [4.78, 5) is 0.175. The van der Waals surface area contributed by atoms with Crippen LogP contribution in [0.4, 0.5) is 0 Å². The van der Waals surface area contributed by atoms with E-state index in [9.17, 15) is 13.5 Å². The average molecular weight is 535 g/mol. The fourth-order valence-corrected chi connectivity index (χ4v) is 4.83. The molecule has 206 valence electrons. The van der Waals surface area contributed by atoms with Gasteiger partial charge in [0, 0.05) is 39.2 Å². The van der Waals surface area contributed by atoms with Gasteiger partial charge in [0.05, 0.1) is 17.6 Å². The molecule has 2 aromatic carbocycles. The summed E-state index contributed by atoms with van der Waals surface area (Å²) in [5, 5.41) is 19.0. The van der Waals surface area contributed by atoms with Crippen molar-refractivity contribution in [2.24, 2.45) is 5.14 Å². The quantitative estimate of drug-likeness (QED) is 0.276. The number of nitrogens with one attached hydrogen (secondary N) is 1. The molecule has 0 aromatic heterocycles. The molecule has 0 saturated heterocycles. The number of ether oxygens (including phenoxy) is 3. The summed E-state index contributed by atoms with van der Waals surface area (Å²) in [7, 11) is -3.64. The van der Waals surface area contributed by atoms with Gasteiger partial charge in [0.15, 0.2) is 0 Å². The highest BCUT2D eigenvalue weighted by Crippen LogP contribution is 2.32. The Morgan fingerprint density at radius 2 is 1.81 bits per heavy atom. The Hall–Kier alpha value is -2.01. The van der Waals surface area contributed by atoms with Crippen LogP contribution in [0.3, 0.4) is 0 Å². The molecule has 0 unspecified atom stereocenters. The first kappa shape index (κ1) is 29.5. The molecule has 3 rings (SSSR count). The van der Waals surface area contributed by atoms with E-state index in [1.807, 2.05) is 38.1 Å². The second kappa shape index (κ2) is 14.2. The van der Waals surface area contributed by atoms with E-state index in [4.69, 9.17) is 19.3 Å². The zero-order valence-corrected chi connectivity index (χ0v) is 22.9. The van der Waals surface area contributed by atoms with E-state index in [2.05, 4.69) is 5.32 Å². The lowest BCUT2D eigenvalue weighted by Crippen LogP contribution is -2.35. The third-order valence-corrected chi connectivity index (χ3v) is 7.27. The predicted molar refractivity (Wildman–Crippen MR) is 144 cm³/mol. The van der Waals surface area contributed by atoms with Gasteiger partial charge in [-0.1, -0.05) is 31.0 Å². The van der Waals surface area contributed by atoms with Crippen LogP contribution >= 0.6 is 0 Å². The van der Waals surface area contributed by atoms with Crippen LogP contribution in [0.25, 0.3) is 0 Å². The van der Waals surface area contributed by atoms with Gasteiger partial charge < -0.3 is 24.6 Å². The minimum atomic E-state index is -3.64. The van der Waals surface area contributed by atoms with Crippen LogP contribution in [-0.4, -0.2) is 45.6 Å². The Bertz CT molecular complexity index is 1090. The summed E-state index contributed by atoms with van der Waals surface area (Å²) >= 11 is 0. The van der Waals surface area contributed by atoms with Gasteiger partial charge in [-0.2, -0.15) is 0 Å². The van der Waals surface area contributed by atoms with Gasteiger partial charge in [-0.3, -0.25) is 0 Å². The molecule has 1 aliphatic heterocycles. The van der Waals surface area contributed by atoms with Crippen LogP contribution in [0, 0.1) is 0 Å². The molecule has 1 heterocycles. The number of aliphatic hydroxyl groups excluding tert-OH is 1. The van der Waals surface area contributed by atoms with Gasteiger partial charge in [0.2, 0.25) is 15.8 Å². The highest BCUT2D eigenvalue weighted by Gasteiger charge is 2.27. The molecule has 0 saturated carbocycles. The monoisotopic (exact) mass is 534 g/mol. The summed E-state index contributed by atoms with van der Waals surface area (Å²) in [6.07, 6.45) is 6.45. The van der Waals surface area contributed by atoms with Crippen molar-refractivity contribution in [2.75, 3.05) is 26.3 Å². The van der Waals surface area contributed by atoms with E-state index in [0.717, 1.165) is 87.1 Å². The summed E-state index contributed by atoms with van der Waals surface area (Å²) < 4.78 is 40.1. The number of rotatable bonds is 16. The lowest BCUT2D eigenvalue weighted by Gasteiger charge is -2.33. The number of primary sulfonamides is 1. The third-order valence-electron chi connectivity index (χ3n) is 6.36. The standard InChI is InChI=1S/C28H42N2O6S/c1-28(2)35-21-24-19-23(13-14-27(24)36-28)26(31)20-30-15-6-8-17-34-16-7-4-3-5-10-22-11-9-12-25(18-22)37(29,32)33/h9,11-14,18-19,26,30-31H,3-8,10,15-17,20-21H2,1-2H3,(H2,29,32,33)/t26-/m1/s1. The van der Waals surface area contributed by atoms with Crippen LogP contribution in [0.1, 0.15) is 75.2 Å². The normalized spacial score (nSPS) is 15.7. The molecule has 0 bridgehead atoms. The molecule has 0 fully saturated rings. The first-order valence-corrected chi connectivity index (χ1v) is 14.7. The van der Waals surface area contributed by atoms with Crippen molar-refractivity contribution < 1.29 is 27.7 Å². The molecule has 1 aliphatic rings. The van der Waals surface area contributed by atoms with E-state index in [1.54, 1.807) is 12.1 Å². The van der Waals surface area contributed by atoms with Gasteiger partial charge in [0.1, 0.15) is 5.75 Å². The maximum absolute atomic E-state index is 11.4. The van der Waals surface area contributed by atoms with Gasteiger partial charge >= 0.3 is 0 Å². The molecule has 4 N–H and O–H groups in total. The van der Waals surface area contributed by atoms with Crippen LogP contribution in [0.15, 0.2) is 47.4 Å². The van der Waals surface area contributed by atoms with E-state index >= 15 is 0 Å². The summed E-state index contributed by atoms with van der Waals surface area (Å²) in [5.74, 6) is 0.195. The molecule has 8 nitrogen and oxygen atoms in total. The van der Waals surface area contributed by atoms with Crippen molar-refractivity contribution in [3.8, 4) is 5.75 Å². The predicted octanol–water partition coefficient (Wildman–Crippen LogP) is 4.20. The first-order valence-electron chi connectivity index (χ1n) is 13.2. The molecule has 9 heteroatoms. The molecule has 1 atom stereocenters. The van der Waals surface area contributed by atoms with Gasteiger partial charge in [0.25, 0.3) is 0 Å². The largest absolute Gasteiger partial charge is 0.463 e. The summed E-state index contributed by atoms with van der Waals surface area (Å²) in [5.41, 5.74) is 2.82. The lowest BCUT2D eigenvalue weighted by atomic mass is 10.0. The van der Waals surface area contributed by atoms with Crippen molar-refractivity contribution in [2.45, 2.75) is 82.2 Å². The number of benzene rings is 2. The van der Waals surface area contributed by atoms with Crippen molar-refractivity contribution >= 4 is 10.0 Å². The van der Waals surface area contributed by atoms with E-state index in [0.29, 0.717) is 13.2 Å². The van der Waals surface area contributed by atoms with Gasteiger partial charge in [-0.15, -0.1) is 0 Å². The Labute approximate surface area is 221 Å². The Morgan fingerprint density at radius 1 is 1.05 bits per heavy atom. The molecule has 0 amide bonds. The van der Waals surface area contributed by atoms with Crippen LogP contribution < -0.4 is 15.2 Å². The molecule has 0 radical (unpaired) electrons. The maximum atomic E-state index is 11.4. The molecular weight excluding hydrogens is 492 g/mol. The van der Waals surface area contributed by atoms with E-state index in [-0.39, 0.29) is 4.90 Å². The number of unbranched alkanes of at least 4 members (excludes halogenated alkanes) is 4. The lowest BCUT2D eigenvalue weighted by molar-refractivity contribution is -0.180. The number of hydrogen-bond donors (Lipinski definition) is 3. The summed E-state index contributed by atoms with van der Waals surface area (Å²) in [6, 6.07) is 12.6. The number of fused-ring (bicyclic) bond motifs is 1.